The summed E-state index contributed by atoms with van der Waals surface area (Å²) in [5.74, 6) is 3.46. The van der Waals surface area contributed by atoms with Gasteiger partial charge in [0.1, 0.15) is 36.3 Å². The molecule has 1 aliphatic heterocycles. The molecule has 0 aliphatic carbocycles. The van der Waals surface area contributed by atoms with E-state index >= 15 is 0 Å². The van der Waals surface area contributed by atoms with Crippen molar-refractivity contribution in [2.24, 2.45) is 0 Å². The lowest BCUT2D eigenvalue weighted by Crippen LogP contribution is -2.55. The average molecular weight is 398 g/mol. The number of terminal acetylenes is 1. The van der Waals surface area contributed by atoms with Gasteiger partial charge in [-0.3, -0.25) is 0 Å². The predicted molar refractivity (Wildman–Crippen MR) is 108 cm³/mol. The molecule has 0 amide bonds. The molecular weight excluding hydrogens is 372 g/mol. The van der Waals surface area contributed by atoms with Gasteiger partial charge in [-0.1, -0.05) is 30.2 Å². The topological polar surface area (TPSA) is 99.4 Å². The van der Waals surface area contributed by atoms with Crippen LogP contribution in [0.3, 0.4) is 0 Å². The van der Waals surface area contributed by atoms with Crippen LogP contribution in [0.5, 0.6) is 5.75 Å². The van der Waals surface area contributed by atoms with E-state index in [0.717, 1.165) is 16.9 Å². The zero-order valence-corrected chi connectivity index (χ0v) is 16.2. The van der Waals surface area contributed by atoms with Gasteiger partial charge in [0.2, 0.25) is 0 Å². The summed E-state index contributed by atoms with van der Waals surface area (Å²) in [5, 5.41) is 39.9. The van der Waals surface area contributed by atoms with Crippen LogP contribution in [0.15, 0.2) is 42.5 Å². The van der Waals surface area contributed by atoms with Crippen LogP contribution in [0.4, 0.5) is 0 Å². The van der Waals surface area contributed by atoms with Crippen molar-refractivity contribution in [1.29, 1.82) is 0 Å². The lowest BCUT2D eigenvalue weighted by molar-refractivity contribution is -0.231. The SMILES string of the molecule is C#Cc1ccc([C@@H]2O[C@H](CO)[C@@H](O)C(O)[C@H]2O)cc1Cc1ccc(OCC)cc1. The Labute approximate surface area is 170 Å². The molecule has 2 aromatic carbocycles. The molecule has 0 aromatic heterocycles. The zero-order chi connectivity index (χ0) is 21.0. The first-order chi connectivity index (χ1) is 14.0. The van der Waals surface area contributed by atoms with Crippen LogP contribution in [0.1, 0.15) is 35.3 Å². The third kappa shape index (κ3) is 4.61. The third-order valence-electron chi connectivity index (χ3n) is 5.13. The van der Waals surface area contributed by atoms with Crippen LogP contribution in [0, 0.1) is 12.3 Å². The Bertz CT molecular complexity index is 855. The highest BCUT2D eigenvalue weighted by Gasteiger charge is 2.43. The van der Waals surface area contributed by atoms with Gasteiger partial charge in [0, 0.05) is 5.56 Å². The maximum atomic E-state index is 10.4. The molecule has 4 N–H and O–H groups in total. The molecule has 3 rings (SSSR count). The molecular formula is C23H26O6. The summed E-state index contributed by atoms with van der Waals surface area (Å²) in [7, 11) is 0. The first kappa shape index (κ1) is 21.3. The molecule has 154 valence electrons. The molecule has 1 fully saturated rings. The first-order valence-electron chi connectivity index (χ1n) is 9.60. The number of benzene rings is 2. The highest BCUT2D eigenvalue weighted by molar-refractivity contribution is 5.46. The largest absolute Gasteiger partial charge is 0.494 e. The molecule has 0 spiro atoms. The van der Waals surface area contributed by atoms with E-state index in [9.17, 15) is 20.4 Å². The monoisotopic (exact) mass is 398 g/mol. The fourth-order valence-corrected chi connectivity index (χ4v) is 3.54. The van der Waals surface area contributed by atoms with Crippen molar-refractivity contribution < 1.29 is 29.9 Å². The van der Waals surface area contributed by atoms with Crippen LogP contribution in [0.2, 0.25) is 0 Å². The van der Waals surface area contributed by atoms with Gasteiger partial charge in [-0.25, -0.2) is 0 Å². The number of aliphatic hydroxyl groups is 4. The van der Waals surface area contributed by atoms with E-state index in [4.69, 9.17) is 15.9 Å². The van der Waals surface area contributed by atoms with Crippen LogP contribution < -0.4 is 4.74 Å². The minimum absolute atomic E-state index is 0.469. The highest BCUT2D eigenvalue weighted by atomic mass is 16.5. The summed E-state index contributed by atoms with van der Waals surface area (Å²) in [4.78, 5) is 0. The van der Waals surface area contributed by atoms with Crippen molar-refractivity contribution in [3.63, 3.8) is 0 Å². The van der Waals surface area contributed by atoms with Gasteiger partial charge in [0.25, 0.3) is 0 Å². The Morgan fingerprint density at radius 3 is 2.38 bits per heavy atom. The van der Waals surface area contributed by atoms with Gasteiger partial charge in [0.05, 0.1) is 13.2 Å². The molecule has 29 heavy (non-hydrogen) atoms. The number of rotatable bonds is 6. The number of hydrogen-bond donors (Lipinski definition) is 4. The van der Waals surface area contributed by atoms with E-state index in [2.05, 4.69) is 5.92 Å². The second-order valence-corrected chi connectivity index (χ2v) is 7.06. The smallest absolute Gasteiger partial charge is 0.119 e. The first-order valence-corrected chi connectivity index (χ1v) is 9.60. The van der Waals surface area contributed by atoms with Crippen molar-refractivity contribution in [2.75, 3.05) is 13.2 Å². The van der Waals surface area contributed by atoms with E-state index < -0.39 is 37.1 Å². The lowest BCUT2D eigenvalue weighted by atomic mass is 9.89. The second-order valence-electron chi connectivity index (χ2n) is 7.06. The summed E-state index contributed by atoms with van der Waals surface area (Å²) < 4.78 is 11.1. The molecule has 6 nitrogen and oxygen atoms in total. The van der Waals surface area contributed by atoms with Crippen molar-refractivity contribution in [2.45, 2.75) is 43.9 Å². The highest BCUT2D eigenvalue weighted by Crippen LogP contribution is 2.33. The van der Waals surface area contributed by atoms with Gasteiger partial charge in [-0.05, 0) is 48.2 Å². The van der Waals surface area contributed by atoms with E-state index in [1.807, 2.05) is 37.3 Å². The lowest BCUT2D eigenvalue weighted by Gasteiger charge is -2.40. The van der Waals surface area contributed by atoms with Crippen LogP contribution >= 0.6 is 0 Å². The molecule has 0 saturated carbocycles. The molecule has 1 heterocycles. The second kappa shape index (κ2) is 9.40. The van der Waals surface area contributed by atoms with Crippen LogP contribution in [0.25, 0.3) is 0 Å². The van der Waals surface area contributed by atoms with Crippen LogP contribution in [-0.2, 0) is 11.2 Å². The summed E-state index contributed by atoms with van der Waals surface area (Å²) >= 11 is 0. The Morgan fingerprint density at radius 1 is 1.03 bits per heavy atom. The van der Waals surface area contributed by atoms with E-state index in [1.54, 1.807) is 12.1 Å². The molecule has 0 bridgehead atoms. The average Bonchev–Trinajstić information content (AvgIpc) is 2.74. The summed E-state index contributed by atoms with van der Waals surface area (Å²) in [6.45, 7) is 2.06. The molecule has 1 aliphatic rings. The minimum Gasteiger partial charge on any atom is -0.494 e. The number of ether oxygens (including phenoxy) is 2. The minimum atomic E-state index is -1.42. The summed E-state index contributed by atoms with van der Waals surface area (Å²) in [6.07, 6.45) is 0.224. The fourth-order valence-electron chi connectivity index (χ4n) is 3.54. The van der Waals surface area contributed by atoms with Gasteiger partial charge in [-0.2, -0.15) is 0 Å². The normalized spacial score (nSPS) is 26.7. The maximum Gasteiger partial charge on any atom is 0.119 e. The Hall–Kier alpha value is -2.40. The molecule has 5 atom stereocenters. The van der Waals surface area contributed by atoms with E-state index in [-0.39, 0.29) is 0 Å². The van der Waals surface area contributed by atoms with Gasteiger partial charge < -0.3 is 29.9 Å². The Balaban J connectivity index is 1.87. The third-order valence-corrected chi connectivity index (χ3v) is 5.13. The summed E-state index contributed by atoms with van der Waals surface area (Å²) in [5.41, 5.74) is 3.23. The van der Waals surface area contributed by atoms with E-state index in [1.165, 1.54) is 0 Å². The fraction of sp³-hybridized carbons (Fsp3) is 0.391. The van der Waals surface area contributed by atoms with Gasteiger partial charge >= 0.3 is 0 Å². The Morgan fingerprint density at radius 2 is 1.76 bits per heavy atom. The van der Waals surface area contributed by atoms with Crippen molar-refractivity contribution >= 4 is 0 Å². The van der Waals surface area contributed by atoms with Gasteiger partial charge in [0.15, 0.2) is 0 Å². The van der Waals surface area contributed by atoms with Gasteiger partial charge in [-0.15, -0.1) is 6.42 Å². The molecule has 2 aromatic rings. The molecule has 6 heteroatoms. The predicted octanol–water partition coefficient (Wildman–Crippen LogP) is 1.17. The molecule has 1 unspecified atom stereocenters. The quantitative estimate of drug-likeness (QED) is 0.546. The van der Waals surface area contributed by atoms with Crippen molar-refractivity contribution in [1.82, 2.24) is 0 Å². The zero-order valence-electron chi connectivity index (χ0n) is 16.2. The summed E-state index contributed by atoms with van der Waals surface area (Å²) in [6, 6.07) is 13.0. The number of aliphatic hydroxyl groups excluding tert-OH is 4. The van der Waals surface area contributed by atoms with Crippen molar-refractivity contribution in [3.05, 3.63) is 64.7 Å². The van der Waals surface area contributed by atoms with Crippen LogP contribution in [-0.4, -0.2) is 58.1 Å². The molecule has 0 radical (unpaired) electrons. The molecule has 1 saturated heterocycles. The standard InChI is InChI=1S/C23H26O6/c1-3-15-7-8-16(23-22(27)21(26)20(25)19(13-24)29-23)12-17(15)11-14-5-9-18(10-6-14)28-4-2/h1,5-10,12,19-27H,4,11,13H2,2H3/t19-,20-,21?,22-,23+/m1/s1. The van der Waals surface area contributed by atoms with E-state index in [0.29, 0.717) is 24.2 Å². The number of hydrogen-bond acceptors (Lipinski definition) is 6. The van der Waals surface area contributed by atoms with Crippen molar-refractivity contribution in [3.8, 4) is 18.1 Å². The Kier molecular flexibility index (Phi) is 6.91. The maximum absolute atomic E-state index is 10.4.